The third-order valence-corrected chi connectivity index (χ3v) is 12.0. The van der Waals surface area contributed by atoms with Crippen LogP contribution in [0.25, 0.3) is 20.2 Å². The minimum absolute atomic E-state index is 0.0362. The fourth-order valence-electron chi connectivity index (χ4n) is 8.95. The van der Waals surface area contributed by atoms with Crippen LogP contribution in [0.4, 0.5) is 11.4 Å². The molecular formula is C39H41NS. The highest BCUT2D eigenvalue weighted by Gasteiger charge is 2.43. The second-order valence-electron chi connectivity index (χ2n) is 13.3. The lowest BCUT2D eigenvalue weighted by atomic mass is 9.64. The van der Waals surface area contributed by atoms with Crippen LogP contribution in [0.1, 0.15) is 93.7 Å². The molecule has 0 N–H and O–H groups in total. The number of para-hydroxylation sites is 2. The Morgan fingerprint density at radius 1 is 0.683 bits per heavy atom. The van der Waals surface area contributed by atoms with Gasteiger partial charge in [0.2, 0.25) is 0 Å². The van der Waals surface area contributed by atoms with Crippen LogP contribution in [-0.4, -0.2) is 6.04 Å². The van der Waals surface area contributed by atoms with Crippen molar-refractivity contribution < 1.29 is 0 Å². The average molecular weight is 556 g/mol. The van der Waals surface area contributed by atoms with E-state index in [0.717, 1.165) is 5.92 Å². The smallest absolute Gasteiger partial charge is 0.0455 e. The molecule has 3 aliphatic rings. The number of fused-ring (bicyclic) bond motifs is 5. The molecule has 0 spiro atoms. The van der Waals surface area contributed by atoms with E-state index in [1.165, 1.54) is 95.8 Å². The standard InChI is InChI=1S/C39H41NS/c1-39(33-20-6-8-22-35(33)40(29-15-3-2-4-16-29)36-23-9-7-21-34(36)39)26-27-13-11-14-28(25-27)30-18-12-19-32-31-17-5-10-24-37(31)41-38(30)32/h5-10,12,17-24,27-29H,2-4,11,13-16,25-26H2,1H3. The number of nitrogens with zero attached hydrogens (tertiary/aromatic N) is 1. The predicted octanol–water partition coefficient (Wildman–Crippen LogP) is 11.5. The van der Waals surface area contributed by atoms with Gasteiger partial charge in [-0.3, -0.25) is 0 Å². The molecule has 2 heteroatoms. The lowest BCUT2D eigenvalue weighted by Gasteiger charge is -2.49. The van der Waals surface area contributed by atoms with E-state index in [1.807, 2.05) is 11.3 Å². The number of rotatable bonds is 4. The summed E-state index contributed by atoms with van der Waals surface area (Å²) in [5.41, 5.74) is 7.70. The molecule has 8 rings (SSSR count). The predicted molar refractivity (Wildman–Crippen MR) is 177 cm³/mol. The molecule has 4 aromatic carbocycles. The summed E-state index contributed by atoms with van der Waals surface area (Å²) in [7, 11) is 0. The first-order chi connectivity index (χ1) is 20.2. The van der Waals surface area contributed by atoms with Gasteiger partial charge in [-0.25, -0.2) is 0 Å². The minimum Gasteiger partial charge on any atom is -0.338 e. The minimum atomic E-state index is 0.0362. The SMILES string of the molecule is CC1(CC2CCCC(c3cccc4c3sc3ccccc34)C2)c2ccccc2N(C2CCCCC2)c2ccccc21. The van der Waals surface area contributed by atoms with E-state index in [-0.39, 0.29) is 5.41 Å². The van der Waals surface area contributed by atoms with Gasteiger partial charge in [-0.1, -0.05) is 112 Å². The maximum Gasteiger partial charge on any atom is 0.0455 e. The molecule has 2 aliphatic carbocycles. The number of benzene rings is 4. The summed E-state index contributed by atoms with van der Waals surface area (Å²) in [5.74, 6) is 1.38. The largest absolute Gasteiger partial charge is 0.338 e. The van der Waals surface area contributed by atoms with Crippen LogP contribution < -0.4 is 4.90 Å². The van der Waals surface area contributed by atoms with Gasteiger partial charge in [0.15, 0.2) is 0 Å². The highest BCUT2D eigenvalue weighted by molar-refractivity contribution is 7.26. The van der Waals surface area contributed by atoms with Crippen molar-refractivity contribution in [1.82, 2.24) is 0 Å². The summed E-state index contributed by atoms with van der Waals surface area (Å²) in [6, 6.07) is 35.6. The molecule has 2 atom stereocenters. The van der Waals surface area contributed by atoms with Gasteiger partial charge in [0.05, 0.1) is 0 Å². The first-order valence-corrected chi connectivity index (χ1v) is 16.9. The van der Waals surface area contributed by atoms with E-state index in [1.54, 1.807) is 16.7 Å². The lowest BCUT2D eigenvalue weighted by molar-refractivity contribution is 0.267. The summed E-state index contributed by atoms with van der Waals surface area (Å²) in [4.78, 5) is 2.75. The number of hydrogen-bond donors (Lipinski definition) is 0. The zero-order valence-corrected chi connectivity index (χ0v) is 25.1. The van der Waals surface area contributed by atoms with Crippen molar-refractivity contribution in [2.24, 2.45) is 5.92 Å². The Morgan fingerprint density at radius 2 is 1.37 bits per heavy atom. The van der Waals surface area contributed by atoms with Gasteiger partial charge >= 0.3 is 0 Å². The molecule has 0 radical (unpaired) electrons. The monoisotopic (exact) mass is 555 g/mol. The molecule has 5 aromatic rings. The van der Waals surface area contributed by atoms with E-state index < -0.39 is 0 Å². The molecule has 2 fully saturated rings. The van der Waals surface area contributed by atoms with Gasteiger partial charge in [-0.15, -0.1) is 11.3 Å². The molecule has 2 saturated carbocycles. The molecule has 41 heavy (non-hydrogen) atoms. The van der Waals surface area contributed by atoms with Gasteiger partial charge in [0.25, 0.3) is 0 Å². The third kappa shape index (κ3) is 4.24. The van der Waals surface area contributed by atoms with Crippen LogP contribution >= 0.6 is 11.3 Å². The highest BCUT2D eigenvalue weighted by atomic mass is 32.1. The van der Waals surface area contributed by atoms with E-state index in [4.69, 9.17) is 0 Å². The normalized spacial score (nSPS) is 22.5. The van der Waals surface area contributed by atoms with Crippen LogP contribution in [0.2, 0.25) is 0 Å². The van der Waals surface area contributed by atoms with E-state index in [9.17, 15) is 0 Å². The Labute approximate surface area is 249 Å². The van der Waals surface area contributed by atoms with Crippen molar-refractivity contribution in [3.63, 3.8) is 0 Å². The highest BCUT2D eigenvalue weighted by Crippen LogP contribution is 2.55. The van der Waals surface area contributed by atoms with Crippen LogP contribution in [0, 0.1) is 5.92 Å². The second-order valence-corrected chi connectivity index (χ2v) is 14.3. The van der Waals surface area contributed by atoms with Gasteiger partial charge in [-0.05, 0) is 78.8 Å². The molecule has 1 aliphatic heterocycles. The molecular weight excluding hydrogens is 515 g/mol. The van der Waals surface area contributed by atoms with Crippen molar-refractivity contribution in [3.05, 3.63) is 108 Å². The number of hydrogen-bond acceptors (Lipinski definition) is 2. The lowest BCUT2D eigenvalue weighted by Crippen LogP contribution is -2.42. The van der Waals surface area contributed by atoms with E-state index >= 15 is 0 Å². The van der Waals surface area contributed by atoms with Crippen molar-refractivity contribution >= 4 is 42.9 Å². The maximum absolute atomic E-state index is 2.75. The number of thiophene rings is 1. The molecule has 0 saturated heterocycles. The summed E-state index contributed by atoms with van der Waals surface area (Å²) >= 11 is 2.01. The Hall–Kier alpha value is -3.10. The average Bonchev–Trinajstić information content (AvgIpc) is 3.41. The summed E-state index contributed by atoms with van der Waals surface area (Å²) in [5, 5.41) is 2.88. The molecule has 1 nitrogen and oxygen atoms in total. The van der Waals surface area contributed by atoms with Crippen molar-refractivity contribution in [2.75, 3.05) is 4.90 Å². The zero-order chi connectivity index (χ0) is 27.4. The van der Waals surface area contributed by atoms with Gasteiger partial charge in [-0.2, -0.15) is 0 Å². The Morgan fingerprint density at radius 3 is 2.15 bits per heavy atom. The fraction of sp³-hybridized carbons (Fsp3) is 0.385. The summed E-state index contributed by atoms with van der Waals surface area (Å²) in [6.07, 6.45) is 13.3. The molecule has 2 unspecified atom stereocenters. The maximum atomic E-state index is 2.75. The Balaban J connectivity index is 1.15. The summed E-state index contributed by atoms with van der Waals surface area (Å²) in [6.45, 7) is 2.57. The molecule has 1 aromatic heterocycles. The first kappa shape index (κ1) is 25.6. The van der Waals surface area contributed by atoms with E-state index in [0.29, 0.717) is 12.0 Å². The van der Waals surface area contributed by atoms with Crippen LogP contribution in [0.5, 0.6) is 0 Å². The Kier molecular flexibility index (Phi) is 6.44. The van der Waals surface area contributed by atoms with E-state index in [2.05, 4.69) is 103 Å². The van der Waals surface area contributed by atoms with Crippen molar-refractivity contribution in [3.8, 4) is 0 Å². The van der Waals surface area contributed by atoms with Crippen LogP contribution in [-0.2, 0) is 5.41 Å². The third-order valence-electron chi connectivity index (χ3n) is 10.8. The molecule has 208 valence electrons. The van der Waals surface area contributed by atoms with Crippen molar-refractivity contribution in [1.29, 1.82) is 0 Å². The summed E-state index contributed by atoms with van der Waals surface area (Å²) < 4.78 is 2.95. The van der Waals surface area contributed by atoms with Gasteiger partial charge in [0, 0.05) is 43.0 Å². The second kappa shape index (κ2) is 10.3. The van der Waals surface area contributed by atoms with Crippen LogP contribution in [0.15, 0.2) is 91.0 Å². The quantitative estimate of drug-likeness (QED) is 0.213. The van der Waals surface area contributed by atoms with Gasteiger partial charge < -0.3 is 4.90 Å². The Bertz CT molecular complexity index is 1660. The molecule has 0 bridgehead atoms. The van der Waals surface area contributed by atoms with Gasteiger partial charge in [0.1, 0.15) is 0 Å². The number of anilines is 2. The first-order valence-electron chi connectivity index (χ1n) is 16.1. The topological polar surface area (TPSA) is 3.24 Å². The van der Waals surface area contributed by atoms with Crippen LogP contribution in [0.3, 0.4) is 0 Å². The van der Waals surface area contributed by atoms with Crippen molar-refractivity contribution in [2.45, 2.75) is 88.5 Å². The molecule has 2 heterocycles. The molecule has 0 amide bonds. The zero-order valence-electron chi connectivity index (χ0n) is 24.3. The fourth-order valence-corrected chi connectivity index (χ4v) is 10.2.